The molecule has 0 fully saturated rings. The van der Waals surface area contributed by atoms with Crippen molar-refractivity contribution in [2.75, 3.05) is 12.0 Å². The molecule has 0 amide bonds. The van der Waals surface area contributed by atoms with E-state index in [1.165, 1.54) is 23.1 Å². The standard InChI is InChI=1S/C8H10N4S2/c1-5(11-8(10-2)13-3)6-4-14-7(9)12-6/h4H,1-2H2,3H3,(H2,9,12). The van der Waals surface area contributed by atoms with Gasteiger partial charge in [-0.25, -0.2) is 15.0 Å². The lowest BCUT2D eigenvalue weighted by Gasteiger charge is -1.96. The summed E-state index contributed by atoms with van der Waals surface area (Å²) < 4.78 is 0. The van der Waals surface area contributed by atoms with Crippen LogP contribution in [0.5, 0.6) is 0 Å². The van der Waals surface area contributed by atoms with Crippen LogP contribution in [0, 0.1) is 0 Å². The summed E-state index contributed by atoms with van der Waals surface area (Å²) in [7, 11) is 0. The molecule has 0 atom stereocenters. The Bertz CT molecular complexity index is 380. The number of nitrogens with zero attached hydrogens (tertiary/aromatic N) is 3. The van der Waals surface area contributed by atoms with Crippen LogP contribution in [0.2, 0.25) is 0 Å². The van der Waals surface area contributed by atoms with Crippen LogP contribution in [-0.2, 0) is 0 Å². The van der Waals surface area contributed by atoms with Crippen molar-refractivity contribution in [2.45, 2.75) is 0 Å². The highest BCUT2D eigenvalue weighted by molar-refractivity contribution is 8.13. The van der Waals surface area contributed by atoms with Gasteiger partial charge in [0.25, 0.3) is 0 Å². The first-order valence-electron chi connectivity index (χ1n) is 3.67. The van der Waals surface area contributed by atoms with Gasteiger partial charge in [0.2, 0.25) is 0 Å². The lowest BCUT2D eigenvalue weighted by Crippen LogP contribution is -1.88. The van der Waals surface area contributed by atoms with Gasteiger partial charge in [-0.05, 0) is 13.0 Å². The van der Waals surface area contributed by atoms with E-state index in [4.69, 9.17) is 5.73 Å². The van der Waals surface area contributed by atoms with Crippen molar-refractivity contribution in [3.8, 4) is 0 Å². The van der Waals surface area contributed by atoms with E-state index in [-0.39, 0.29) is 0 Å². The fraction of sp³-hybridized carbons (Fsp3) is 0.125. The fourth-order valence-electron chi connectivity index (χ4n) is 0.738. The third-order valence-corrected chi connectivity index (χ3v) is 2.63. The molecule has 1 rings (SSSR count). The zero-order valence-electron chi connectivity index (χ0n) is 7.73. The molecule has 0 aliphatic rings. The first-order chi connectivity index (χ1) is 6.67. The number of aliphatic imine (C=N–C) groups is 2. The van der Waals surface area contributed by atoms with E-state index in [9.17, 15) is 0 Å². The van der Waals surface area contributed by atoms with Crippen LogP contribution in [0.3, 0.4) is 0 Å². The molecule has 4 nitrogen and oxygen atoms in total. The van der Waals surface area contributed by atoms with E-state index in [0.717, 1.165) is 0 Å². The molecule has 0 radical (unpaired) electrons. The monoisotopic (exact) mass is 226 g/mol. The first-order valence-corrected chi connectivity index (χ1v) is 5.77. The molecule has 14 heavy (non-hydrogen) atoms. The maximum Gasteiger partial charge on any atom is 0.187 e. The van der Waals surface area contributed by atoms with Crippen molar-refractivity contribution >= 4 is 45.8 Å². The minimum atomic E-state index is 0.508. The molecule has 74 valence electrons. The SMILES string of the molecule is C=NC(=NC(=C)c1csc(N)n1)SC. The van der Waals surface area contributed by atoms with Gasteiger partial charge in [0.15, 0.2) is 10.3 Å². The van der Waals surface area contributed by atoms with Gasteiger partial charge >= 0.3 is 0 Å². The third-order valence-electron chi connectivity index (χ3n) is 1.37. The van der Waals surface area contributed by atoms with Gasteiger partial charge < -0.3 is 5.73 Å². The summed E-state index contributed by atoms with van der Waals surface area (Å²) in [5, 5.41) is 2.89. The van der Waals surface area contributed by atoms with E-state index in [1.54, 1.807) is 0 Å². The molecule has 0 saturated heterocycles. The second-order valence-corrected chi connectivity index (χ2v) is 3.94. The zero-order chi connectivity index (χ0) is 10.6. The Hall–Kier alpha value is -1.14. The normalized spacial score (nSPS) is 11.4. The highest BCUT2D eigenvalue weighted by atomic mass is 32.2. The third kappa shape index (κ3) is 2.68. The highest BCUT2D eigenvalue weighted by Crippen LogP contribution is 2.19. The number of nitrogen functional groups attached to an aromatic ring is 1. The van der Waals surface area contributed by atoms with Gasteiger partial charge in [0.1, 0.15) is 5.69 Å². The summed E-state index contributed by atoms with van der Waals surface area (Å²) in [5.74, 6) is 0. The van der Waals surface area contributed by atoms with Crippen LogP contribution in [-0.4, -0.2) is 23.1 Å². The number of thioether (sulfide) groups is 1. The van der Waals surface area contributed by atoms with Crippen LogP contribution >= 0.6 is 23.1 Å². The van der Waals surface area contributed by atoms with Gasteiger partial charge in [0.05, 0.1) is 5.70 Å². The van der Waals surface area contributed by atoms with E-state index in [1.807, 2.05) is 11.6 Å². The van der Waals surface area contributed by atoms with Gasteiger partial charge in [-0.15, -0.1) is 11.3 Å². The molecule has 0 spiro atoms. The molecule has 6 heteroatoms. The molecule has 1 heterocycles. The quantitative estimate of drug-likeness (QED) is 0.620. The summed E-state index contributed by atoms with van der Waals surface area (Å²) in [6.07, 6.45) is 1.87. The maximum atomic E-state index is 5.49. The van der Waals surface area contributed by atoms with Crippen molar-refractivity contribution in [3.05, 3.63) is 17.7 Å². The van der Waals surface area contributed by atoms with Crippen molar-refractivity contribution in [1.82, 2.24) is 4.98 Å². The van der Waals surface area contributed by atoms with E-state index in [0.29, 0.717) is 21.7 Å². The number of hydrogen-bond acceptors (Lipinski definition) is 5. The Labute approximate surface area is 90.7 Å². The Morgan fingerprint density at radius 2 is 2.43 bits per heavy atom. The van der Waals surface area contributed by atoms with Crippen LogP contribution in [0.4, 0.5) is 5.13 Å². The molecule has 1 aromatic heterocycles. The summed E-state index contributed by atoms with van der Waals surface area (Å²) >= 11 is 2.76. The van der Waals surface area contributed by atoms with Crippen molar-refractivity contribution in [3.63, 3.8) is 0 Å². The molecule has 0 aliphatic carbocycles. The summed E-state index contributed by atoms with van der Waals surface area (Å²) in [6.45, 7) is 7.17. The Kier molecular flexibility index (Phi) is 3.84. The number of aromatic nitrogens is 1. The van der Waals surface area contributed by atoms with Gasteiger partial charge in [0, 0.05) is 5.38 Å². The topological polar surface area (TPSA) is 63.6 Å². The minimum Gasteiger partial charge on any atom is -0.375 e. The highest BCUT2D eigenvalue weighted by Gasteiger charge is 2.03. The smallest absolute Gasteiger partial charge is 0.187 e. The molecule has 0 unspecified atom stereocenters. The van der Waals surface area contributed by atoms with Crippen molar-refractivity contribution in [2.24, 2.45) is 9.98 Å². The lowest BCUT2D eigenvalue weighted by molar-refractivity contribution is 1.33. The van der Waals surface area contributed by atoms with Gasteiger partial charge in [-0.2, -0.15) is 0 Å². The molecule has 1 aromatic rings. The Morgan fingerprint density at radius 1 is 1.71 bits per heavy atom. The largest absolute Gasteiger partial charge is 0.375 e. The number of anilines is 1. The van der Waals surface area contributed by atoms with E-state index < -0.39 is 0 Å². The predicted molar refractivity (Wildman–Crippen MR) is 66.1 cm³/mol. The Balaban J connectivity index is 2.86. The molecule has 0 aliphatic heterocycles. The molecule has 0 aromatic carbocycles. The number of thiazole rings is 1. The minimum absolute atomic E-state index is 0.508. The van der Waals surface area contributed by atoms with Crippen LogP contribution in [0.1, 0.15) is 5.69 Å². The fourth-order valence-corrected chi connectivity index (χ4v) is 1.64. The van der Waals surface area contributed by atoms with E-state index in [2.05, 4.69) is 28.3 Å². The van der Waals surface area contributed by atoms with Crippen molar-refractivity contribution in [1.29, 1.82) is 0 Å². The predicted octanol–water partition coefficient (Wildman–Crippen LogP) is 2.12. The number of hydrogen-bond donors (Lipinski definition) is 1. The van der Waals surface area contributed by atoms with Crippen LogP contribution < -0.4 is 5.73 Å². The molecular weight excluding hydrogens is 216 g/mol. The summed E-state index contributed by atoms with van der Waals surface area (Å²) in [5.41, 5.74) is 6.72. The van der Waals surface area contributed by atoms with Crippen LogP contribution in [0.15, 0.2) is 21.9 Å². The summed E-state index contributed by atoms with van der Waals surface area (Å²) in [4.78, 5) is 11.9. The second-order valence-electron chi connectivity index (χ2n) is 2.27. The number of amidine groups is 1. The summed E-state index contributed by atoms with van der Waals surface area (Å²) in [6, 6.07) is 0. The maximum absolute atomic E-state index is 5.49. The number of rotatable bonds is 2. The molecule has 0 bridgehead atoms. The first kappa shape index (κ1) is 10.9. The van der Waals surface area contributed by atoms with Crippen molar-refractivity contribution < 1.29 is 0 Å². The van der Waals surface area contributed by atoms with Crippen LogP contribution in [0.25, 0.3) is 5.70 Å². The van der Waals surface area contributed by atoms with E-state index >= 15 is 0 Å². The lowest BCUT2D eigenvalue weighted by atomic mass is 10.4. The second kappa shape index (κ2) is 4.92. The molecule has 0 saturated carbocycles. The average Bonchev–Trinajstić information content (AvgIpc) is 2.61. The molecular formula is C8H10N4S2. The number of nitrogens with two attached hydrogens (primary N) is 1. The average molecular weight is 226 g/mol. The van der Waals surface area contributed by atoms with Gasteiger partial charge in [-0.1, -0.05) is 18.3 Å². The zero-order valence-corrected chi connectivity index (χ0v) is 9.36. The molecule has 2 N–H and O–H groups in total. The van der Waals surface area contributed by atoms with Gasteiger partial charge in [-0.3, -0.25) is 0 Å². The Morgan fingerprint density at radius 3 is 2.86 bits per heavy atom.